The maximum Gasteiger partial charge on any atom is 0.287 e. The molecule has 1 atom stereocenters. The number of fused-ring (bicyclic) bond motifs is 1. The maximum absolute atomic E-state index is 12.5. The lowest BCUT2D eigenvalue weighted by atomic mass is 10.2. The number of anilines is 2. The van der Waals surface area contributed by atoms with Crippen LogP contribution in [0.1, 0.15) is 17.0 Å². The van der Waals surface area contributed by atoms with Gasteiger partial charge < -0.3 is 25.3 Å². The van der Waals surface area contributed by atoms with Gasteiger partial charge in [-0.15, -0.1) is 0 Å². The third-order valence-corrected chi connectivity index (χ3v) is 4.49. The summed E-state index contributed by atoms with van der Waals surface area (Å²) in [4.78, 5) is 31.1. The third-order valence-electron chi connectivity index (χ3n) is 4.49. The molecule has 4 rings (SSSR count). The molecule has 4 heterocycles. The van der Waals surface area contributed by atoms with Crippen LogP contribution in [0.2, 0.25) is 0 Å². The number of hydrogen-bond acceptors (Lipinski definition) is 9. The summed E-state index contributed by atoms with van der Waals surface area (Å²) in [5, 5.41) is 6.22. The Labute approximate surface area is 150 Å². The Kier molecular flexibility index (Phi) is 4.82. The first kappa shape index (κ1) is 16.9. The van der Waals surface area contributed by atoms with Crippen molar-refractivity contribution >= 4 is 28.8 Å². The second-order valence-electron chi connectivity index (χ2n) is 6.29. The third kappa shape index (κ3) is 3.41. The van der Waals surface area contributed by atoms with E-state index in [1.54, 1.807) is 7.05 Å². The summed E-state index contributed by atoms with van der Waals surface area (Å²) in [5.74, 6) is 1.13. The first-order chi connectivity index (χ1) is 12.7. The first-order valence-electron chi connectivity index (χ1n) is 8.79. The second-order valence-corrected chi connectivity index (χ2v) is 6.29. The molecule has 0 radical (unpaired) electrons. The van der Waals surface area contributed by atoms with E-state index < -0.39 is 0 Å². The number of rotatable bonds is 5. The summed E-state index contributed by atoms with van der Waals surface area (Å²) >= 11 is 0. The van der Waals surface area contributed by atoms with Gasteiger partial charge in [-0.3, -0.25) is 10.2 Å². The first-order valence-corrected chi connectivity index (χ1v) is 8.79. The molecule has 11 nitrogen and oxygen atoms in total. The summed E-state index contributed by atoms with van der Waals surface area (Å²) in [7, 11) is 1.74. The highest BCUT2D eigenvalue weighted by molar-refractivity contribution is 5.96. The Morgan fingerprint density at radius 3 is 2.85 bits per heavy atom. The van der Waals surface area contributed by atoms with Crippen LogP contribution >= 0.6 is 0 Å². The van der Waals surface area contributed by atoms with Crippen molar-refractivity contribution in [3.63, 3.8) is 0 Å². The molecule has 5 N–H and O–H groups in total. The standard InChI is InChI=1S/C15H23N9O2/c1-16-23-15-21-11-10(13(22-15)24-4-6-26-7-5-24)19-12(20-11)14(25)18-9-2-3-17-8-9/h9,16-17H,2-8H2,1H3,(H,18,25)(H2,19,20,21,22,23). The highest BCUT2D eigenvalue weighted by Crippen LogP contribution is 2.24. The summed E-state index contributed by atoms with van der Waals surface area (Å²) in [6.45, 7) is 4.41. The van der Waals surface area contributed by atoms with Crippen molar-refractivity contribution in [1.29, 1.82) is 0 Å². The Bertz CT molecular complexity index is 781. The number of ether oxygens (including phenoxy) is 1. The number of morpholine rings is 1. The van der Waals surface area contributed by atoms with Crippen molar-refractivity contribution < 1.29 is 9.53 Å². The average Bonchev–Trinajstić information content (AvgIpc) is 3.31. The molecular formula is C15H23N9O2. The van der Waals surface area contributed by atoms with Crippen LogP contribution in [0.4, 0.5) is 11.8 Å². The van der Waals surface area contributed by atoms with Crippen molar-refractivity contribution in [1.82, 2.24) is 36.0 Å². The van der Waals surface area contributed by atoms with E-state index in [-0.39, 0.29) is 17.8 Å². The monoisotopic (exact) mass is 361 g/mol. The predicted octanol–water partition coefficient (Wildman–Crippen LogP) is -1.17. The SMILES string of the molecule is CNNc1nc(N2CCOCC2)c2[nH]c(C(=O)NC3CCNC3)nc2n1. The van der Waals surface area contributed by atoms with Gasteiger partial charge in [-0.2, -0.15) is 9.97 Å². The number of aromatic amines is 1. The number of nitrogens with one attached hydrogen (secondary N) is 5. The number of hydrogen-bond donors (Lipinski definition) is 5. The summed E-state index contributed by atoms with van der Waals surface area (Å²) in [5.41, 5.74) is 6.81. The van der Waals surface area contributed by atoms with Gasteiger partial charge in [0.05, 0.1) is 13.2 Å². The molecule has 26 heavy (non-hydrogen) atoms. The quantitative estimate of drug-likeness (QED) is 0.418. The van der Waals surface area contributed by atoms with Crippen molar-refractivity contribution in [3.05, 3.63) is 5.82 Å². The largest absolute Gasteiger partial charge is 0.378 e. The molecule has 11 heteroatoms. The minimum Gasteiger partial charge on any atom is -0.378 e. The Balaban J connectivity index is 1.66. The summed E-state index contributed by atoms with van der Waals surface area (Å²) in [6, 6.07) is 0.127. The smallest absolute Gasteiger partial charge is 0.287 e. The molecule has 0 aliphatic carbocycles. The molecule has 2 aliphatic heterocycles. The van der Waals surface area contributed by atoms with Crippen molar-refractivity contribution in [2.24, 2.45) is 0 Å². The highest BCUT2D eigenvalue weighted by atomic mass is 16.5. The van der Waals surface area contributed by atoms with Crippen LogP contribution in [-0.4, -0.2) is 78.3 Å². The van der Waals surface area contributed by atoms with Gasteiger partial charge in [-0.1, -0.05) is 0 Å². The second kappa shape index (κ2) is 7.40. The van der Waals surface area contributed by atoms with Crippen LogP contribution < -0.4 is 26.4 Å². The van der Waals surface area contributed by atoms with E-state index in [1.165, 1.54) is 0 Å². The van der Waals surface area contributed by atoms with Gasteiger partial charge >= 0.3 is 0 Å². The number of carbonyl (C=O) groups is 1. The van der Waals surface area contributed by atoms with E-state index in [0.29, 0.717) is 36.1 Å². The summed E-state index contributed by atoms with van der Waals surface area (Å²) < 4.78 is 5.42. The topological polar surface area (TPSA) is 132 Å². The molecule has 140 valence electrons. The number of imidazole rings is 1. The molecule has 2 aromatic heterocycles. The average molecular weight is 361 g/mol. The van der Waals surface area contributed by atoms with Crippen LogP contribution in [-0.2, 0) is 4.74 Å². The summed E-state index contributed by atoms with van der Waals surface area (Å²) in [6.07, 6.45) is 0.918. The zero-order valence-electron chi connectivity index (χ0n) is 14.6. The van der Waals surface area contributed by atoms with Crippen LogP contribution in [0.5, 0.6) is 0 Å². The molecule has 0 spiro atoms. The fraction of sp³-hybridized carbons (Fsp3) is 0.600. The number of H-pyrrole nitrogens is 1. The van der Waals surface area contributed by atoms with E-state index in [2.05, 4.69) is 46.3 Å². The van der Waals surface area contributed by atoms with Gasteiger partial charge in [-0.25, -0.2) is 10.4 Å². The molecule has 0 saturated carbocycles. The van der Waals surface area contributed by atoms with Gasteiger partial charge in [0, 0.05) is 32.7 Å². The minimum atomic E-state index is -0.229. The molecule has 2 saturated heterocycles. The number of carbonyl (C=O) groups excluding carboxylic acids is 1. The number of hydrazine groups is 1. The highest BCUT2D eigenvalue weighted by Gasteiger charge is 2.23. The fourth-order valence-corrected chi connectivity index (χ4v) is 3.19. The van der Waals surface area contributed by atoms with E-state index in [1.807, 2.05) is 0 Å². The van der Waals surface area contributed by atoms with Gasteiger partial charge in [0.1, 0.15) is 5.52 Å². The fourth-order valence-electron chi connectivity index (χ4n) is 3.19. The van der Waals surface area contributed by atoms with Crippen LogP contribution in [0, 0.1) is 0 Å². The molecule has 0 bridgehead atoms. The lowest BCUT2D eigenvalue weighted by molar-refractivity contribution is 0.0931. The van der Waals surface area contributed by atoms with E-state index >= 15 is 0 Å². The van der Waals surface area contributed by atoms with E-state index in [4.69, 9.17) is 4.74 Å². The lowest BCUT2D eigenvalue weighted by Gasteiger charge is -2.28. The van der Waals surface area contributed by atoms with Crippen LogP contribution in [0.3, 0.4) is 0 Å². The number of nitrogens with zero attached hydrogens (tertiary/aromatic N) is 4. The molecule has 2 aliphatic rings. The zero-order chi connectivity index (χ0) is 17.9. The minimum absolute atomic E-state index is 0.127. The number of aromatic nitrogens is 4. The van der Waals surface area contributed by atoms with Crippen molar-refractivity contribution in [2.75, 3.05) is 56.8 Å². The molecular weight excluding hydrogens is 338 g/mol. The Morgan fingerprint density at radius 2 is 2.12 bits per heavy atom. The normalized spacial score (nSPS) is 20.5. The Morgan fingerprint density at radius 1 is 1.27 bits per heavy atom. The molecule has 1 unspecified atom stereocenters. The van der Waals surface area contributed by atoms with Crippen LogP contribution in [0.25, 0.3) is 11.2 Å². The van der Waals surface area contributed by atoms with Crippen LogP contribution in [0.15, 0.2) is 0 Å². The van der Waals surface area contributed by atoms with Gasteiger partial charge in [0.15, 0.2) is 17.3 Å². The van der Waals surface area contributed by atoms with Gasteiger partial charge in [-0.05, 0) is 13.0 Å². The molecule has 1 amide bonds. The van der Waals surface area contributed by atoms with E-state index in [0.717, 1.165) is 32.6 Å². The Hall–Kier alpha value is -2.50. The predicted molar refractivity (Wildman–Crippen MR) is 96.1 cm³/mol. The zero-order valence-corrected chi connectivity index (χ0v) is 14.6. The van der Waals surface area contributed by atoms with Gasteiger partial charge in [0.2, 0.25) is 5.95 Å². The van der Waals surface area contributed by atoms with Crippen molar-refractivity contribution in [2.45, 2.75) is 12.5 Å². The maximum atomic E-state index is 12.5. The van der Waals surface area contributed by atoms with E-state index in [9.17, 15) is 4.79 Å². The molecule has 0 aromatic carbocycles. The number of amides is 1. The molecule has 2 aromatic rings. The van der Waals surface area contributed by atoms with Gasteiger partial charge in [0.25, 0.3) is 5.91 Å². The van der Waals surface area contributed by atoms with Crippen molar-refractivity contribution in [3.8, 4) is 0 Å². The lowest BCUT2D eigenvalue weighted by Crippen LogP contribution is -2.37. The molecule has 2 fully saturated rings.